The summed E-state index contributed by atoms with van der Waals surface area (Å²) >= 11 is 0. The average molecular weight is 298 g/mol. The summed E-state index contributed by atoms with van der Waals surface area (Å²) in [6.07, 6.45) is 4.35. The Balaban J connectivity index is 2.91. The van der Waals surface area contributed by atoms with Crippen LogP contribution >= 0.6 is 0 Å². The summed E-state index contributed by atoms with van der Waals surface area (Å²) in [5.74, 6) is 2.05. The SMILES string of the molecule is CCCNc1ncnc(NCC(C)S(C)=O)c1C(C)C. The number of hydrogen-bond acceptors (Lipinski definition) is 5. The van der Waals surface area contributed by atoms with Gasteiger partial charge in [-0.25, -0.2) is 9.97 Å². The highest BCUT2D eigenvalue weighted by Gasteiger charge is 2.15. The lowest BCUT2D eigenvalue weighted by Gasteiger charge is -2.18. The van der Waals surface area contributed by atoms with Crippen molar-refractivity contribution in [1.82, 2.24) is 9.97 Å². The molecule has 1 heterocycles. The van der Waals surface area contributed by atoms with E-state index in [1.165, 1.54) is 0 Å². The molecule has 0 fully saturated rings. The van der Waals surface area contributed by atoms with Crippen LogP contribution in [-0.2, 0) is 10.8 Å². The summed E-state index contributed by atoms with van der Waals surface area (Å²) < 4.78 is 11.4. The van der Waals surface area contributed by atoms with Gasteiger partial charge in [0.15, 0.2) is 0 Å². The molecule has 0 aliphatic heterocycles. The van der Waals surface area contributed by atoms with Gasteiger partial charge in [0.2, 0.25) is 0 Å². The molecule has 1 aromatic heterocycles. The molecule has 2 N–H and O–H groups in total. The van der Waals surface area contributed by atoms with Gasteiger partial charge in [0.25, 0.3) is 0 Å². The zero-order valence-corrected chi connectivity index (χ0v) is 13.9. The number of nitrogens with one attached hydrogen (secondary N) is 2. The Bertz CT molecular complexity index is 451. The summed E-state index contributed by atoms with van der Waals surface area (Å²) in [5.41, 5.74) is 1.09. The van der Waals surface area contributed by atoms with Crippen molar-refractivity contribution in [2.75, 3.05) is 30.0 Å². The van der Waals surface area contributed by atoms with Gasteiger partial charge >= 0.3 is 0 Å². The molecule has 0 saturated heterocycles. The van der Waals surface area contributed by atoms with Crippen LogP contribution in [0.15, 0.2) is 6.33 Å². The molecule has 114 valence electrons. The Morgan fingerprint density at radius 2 is 1.80 bits per heavy atom. The maximum atomic E-state index is 11.4. The van der Waals surface area contributed by atoms with Gasteiger partial charge in [0.1, 0.15) is 18.0 Å². The molecule has 0 aromatic carbocycles. The molecule has 5 nitrogen and oxygen atoms in total. The molecular weight excluding hydrogens is 272 g/mol. The van der Waals surface area contributed by atoms with Crippen LogP contribution in [0.4, 0.5) is 11.6 Å². The highest BCUT2D eigenvalue weighted by molar-refractivity contribution is 7.84. The van der Waals surface area contributed by atoms with Gasteiger partial charge in [-0.05, 0) is 19.3 Å². The third-order valence-electron chi connectivity index (χ3n) is 3.13. The lowest BCUT2D eigenvalue weighted by atomic mass is 10.0. The molecular formula is C14H26N4OS. The molecule has 20 heavy (non-hydrogen) atoms. The fraction of sp³-hybridized carbons (Fsp3) is 0.714. The highest BCUT2D eigenvalue weighted by atomic mass is 32.2. The fourth-order valence-corrected chi connectivity index (χ4v) is 2.14. The van der Waals surface area contributed by atoms with E-state index in [1.807, 2.05) is 6.92 Å². The Hall–Kier alpha value is -1.17. The third-order valence-corrected chi connectivity index (χ3v) is 4.43. The second-order valence-corrected chi connectivity index (χ2v) is 7.06. The molecule has 0 saturated carbocycles. The van der Waals surface area contributed by atoms with Gasteiger partial charge in [-0.3, -0.25) is 4.21 Å². The van der Waals surface area contributed by atoms with E-state index in [4.69, 9.17) is 0 Å². The first kappa shape index (κ1) is 16.9. The van der Waals surface area contributed by atoms with Gasteiger partial charge in [0, 0.05) is 41.0 Å². The lowest BCUT2D eigenvalue weighted by Crippen LogP contribution is -2.22. The zero-order chi connectivity index (χ0) is 15.1. The number of aromatic nitrogens is 2. The van der Waals surface area contributed by atoms with Gasteiger partial charge in [-0.1, -0.05) is 20.8 Å². The smallest absolute Gasteiger partial charge is 0.135 e. The first-order valence-corrected chi connectivity index (χ1v) is 8.74. The van der Waals surface area contributed by atoms with Crippen molar-refractivity contribution in [3.8, 4) is 0 Å². The second kappa shape index (κ2) is 8.19. The van der Waals surface area contributed by atoms with E-state index in [1.54, 1.807) is 12.6 Å². The van der Waals surface area contributed by atoms with Crippen LogP contribution in [0, 0.1) is 0 Å². The maximum absolute atomic E-state index is 11.4. The Morgan fingerprint density at radius 3 is 2.30 bits per heavy atom. The van der Waals surface area contributed by atoms with Crippen molar-refractivity contribution in [3.05, 3.63) is 11.9 Å². The standard InChI is InChI=1S/C14H26N4OS/c1-6-7-15-13-12(10(2)3)14(18-9-17-13)16-8-11(4)20(5)19/h9-11H,6-8H2,1-5H3,(H2,15,16,17,18). The van der Waals surface area contributed by atoms with E-state index in [0.717, 1.165) is 30.2 Å². The molecule has 2 atom stereocenters. The number of rotatable bonds is 8. The summed E-state index contributed by atoms with van der Waals surface area (Å²) in [5, 5.41) is 6.75. The van der Waals surface area contributed by atoms with Crippen LogP contribution in [0.3, 0.4) is 0 Å². The molecule has 1 rings (SSSR count). The molecule has 0 aliphatic carbocycles. The second-order valence-electron chi connectivity index (χ2n) is 5.26. The van der Waals surface area contributed by atoms with Crippen LogP contribution in [0.1, 0.15) is 45.6 Å². The molecule has 0 bridgehead atoms. The zero-order valence-electron chi connectivity index (χ0n) is 13.1. The summed E-state index contributed by atoms with van der Waals surface area (Å²) in [4.78, 5) is 8.68. The molecule has 0 spiro atoms. The maximum Gasteiger partial charge on any atom is 0.135 e. The van der Waals surface area contributed by atoms with E-state index in [2.05, 4.69) is 41.4 Å². The van der Waals surface area contributed by atoms with Crippen LogP contribution in [0.5, 0.6) is 0 Å². The van der Waals surface area contributed by atoms with Crippen LogP contribution in [0.2, 0.25) is 0 Å². The van der Waals surface area contributed by atoms with E-state index in [-0.39, 0.29) is 5.25 Å². The van der Waals surface area contributed by atoms with Crippen molar-refractivity contribution < 1.29 is 4.21 Å². The van der Waals surface area contributed by atoms with E-state index < -0.39 is 10.8 Å². The Morgan fingerprint density at radius 1 is 1.20 bits per heavy atom. The van der Waals surface area contributed by atoms with E-state index in [9.17, 15) is 4.21 Å². The van der Waals surface area contributed by atoms with E-state index in [0.29, 0.717) is 12.5 Å². The van der Waals surface area contributed by atoms with Gasteiger partial charge in [-0.15, -0.1) is 0 Å². The van der Waals surface area contributed by atoms with Crippen molar-refractivity contribution in [2.45, 2.75) is 45.3 Å². The van der Waals surface area contributed by atoms with Crippen molar-refractivity contribution in [3.63, 3.8) is 0 Å². The first-order valence-electron chi connectivity index (χ1n) is 7.12. The van der Waals surface area contributed by atoms with Crippen LogP contribution in [0.25, 0.3) is 0 Å². The lowest BCUT2D eigenvalue weighted by molar-refractivity contribution is 0.678. The quantitative estimate of drug-likeness (QED) is 0.772. The van der Waals surface area contributed by atoms with Crippen LogP contribution in [-0.4, -0.2) is 38.8 Å². The minimum Gasteiger partial charge on any atom is -0.370 e. The Labute approximate surface area is 124 Å². The summed E-state index contributed by atoms with van der Waals surface area (Å²) in [6.45, 7) is 9.89. The van der Waals surface area contributed by atoms with Crippen molar-refractivity contribution >= 4 is 22.4 Å². The summed E-state index contributed by atoms with van der Waals surface area (Å²) in [6, 6.07) is 0. The van der Waals surface area contributed by atoms with Gasteiger partial charge in [0.05, 0.1) is 0 Å². The predicted molar refractivity (Wildman–Crippen MR) is 86.9 cm³/mol. The number of anilines is 2. The minimum atomic E-state index is -0.833. The molecule has 0 radical (unpaired) electrons. The number of nitrogens with zero attached hydrogens (tertiary/aromatic N) is 2. The molecule has 0 amide bonds. The molecule has 0 aliphatic rings. The van der Waals surface area contributed by atoms with Gasteiger partial charge in [-0.2, -0.15) is 0 Å². The largest absolute Gasteiger partial charge is 0.370 e. The monoisotopic (exact) mass is 298 g/mol. The van der Waals surface area contributed by atoms with E-state index >= 15 is 0 Å². The average Bonchev–Trinajstić information content (AvgIpc) is 2.41. The molecule has 2 unspecified atom stereocenters. The normalized spacial score (nSPS) is 14.1. The highest BCUT2D eigenvalue weighted by Crippen LogP contribution is 2.28. The first-order chi connectivity index (χ1) is 9.47. The fourth-order valence-electron chi connectivity index (χ4n) is 1.83. The third kappa shape index (κ3) is 4.74. The Kier molecular flexibility index (Phi) is 6.91. The minimum absolute atomic E-state index is 0.0945. The predicted octanol–water partition coefficient (Wildman–Crippen LogP) is 2.60. The summed E-state index contributed by atoms with van der Waals surface area (Å²) in [7, 11) is -0.833. The molecule has 6 heteroatoms. The molecule has 1 aromatic rings. The van der Waals surface area contributed by atoms with Gasteiger partial charge < -0.3 is 10.6 Å². The van der Waals surface area contributed by atoms with Crippen LogP contribution < -0.4 is 10.6 Å². The topological polar surface area (TPSA) is 66.9 Å². The van der Waals surface area contributed by atoms with Crippen molar-refractivity contribution in [2.24, 2.45) is 0 Å². The number of hydrogen-bond donors (Lipinski definition) is 2. The van der Waals surface area contributed by atoms with Crippen molar-refractivity contribution in [1.29, 1.82) is 0 Å².